The van der Waals surface area contributed by atoms with Crippen LogP contribution in [0, 0.1) is 11.3 Å². The second-order valence-corrected chi connectivity index (χ2v) is 6.08. The van der Waals surface area contributed by atoms with Crippen LogP contribution in [0.3, 0.4) is 0 Å². The van der Waals surface area contributed by atoms with Crippen LogP contribution in [-0.2, 0) is 0 Å². The van der Waals surface area contributed by atoms with Crippen molar-refractivity contribution in [1.82, 2.24) is 0 Å². The van der Waals surface area contributed by atoms with E-state index in [0.29, 0.717) is 21.3 Å². The lowest BCUT2D eigenvalue weighted by Crippen LogP contribution is -2.07. The highest BCUT2D eigenvalue weighted by Crippen LogP contribution is 2.36. The van der Waals surface area contributed by atoms with Crippen molar-refractivity contribution in [2.24, 2.45) is 0 Å². The normalized spacial score (nSPS) is 11.8. The van der Waals surface area contributed by atoms with E-state index in [1.165, 1.54) is 0 Å². The van der Waals surface area contributed by atoms with Gasteiger partial charge in [0.1, 0.15) is 0 Å². The molecule has 0 bridgehead atoms. The molecule has 1 N–H and O–H groups in total. The number of anilines is 1. The highest BCUT2D eigenvalue weighted by Gasteiger charge is 2.12. The molecule has 1 unspecified atom stereocenters. The van der Waals surface area contributed by atoms with Crippen molar-refractivity contribution in [3.63, 3.8) is 0 Å². The van der Waals surface area contributed by atoms with E-state index in [9.17, 15) is 0 Å². The summed E-state index contributed by atoms with van der Waals surface area (Å²) < 4.78 is 0.831. The summed E-state index contributed by atoms with van der Waals surface area (Å²) in [6.07, 6.45) is 0. The first-order valence-electron chi connectivity index (χ1n) is 5.92. The summed E-state index contributed by atoms with van der Waals surface area (Å²) >= 11 is 15.7. The molecule has 5 heteroatoms. The lowest BCUT2D eigenvalue weighted by Gasteiger charge is -2.18. The predicted octanol–water partition coefficient (Wildman–Crippen LogP) is 5.80. The van der Waals surface area contributed by atoms with Gasteiger partial charge in [0.15, 0.2) is 0 Å². The third-order valence-corrected chi connectivity index (χ3v) is 3.94. The Kier molecular flexibility index (Phi) is 4.93. The van der Waals surface area contributed by atoms with E-state index in [-0.39, 0.29) is 6.04 Å². The van der Waals surface area contributed by atoms with E-state index >= 15 is 0 Å². The molecule has 0 radical (unpaired) electrons. The third-order valence-electron chi connectivity index (χ3n) is 2.88. The first-order valence-corrected chi connectivity index (χ1v) is 7.47. The van der Waals surface area contributed by atoms with Crippen LogP contribution in [0.5, 0.6) is 0 Å². The molecule has 2 aromatic rings. The first kappa shape index (κ1) is 15.2. The van der Waals surface area contributed by atoms with Crippen molar-refractivity contribution in [2.75, 3.05) is 5.32 Å². The number of rotatable bonds is 3. The summed E-state index contributed by atoms with van der Waals surface area (Å²) in [5.74, 6) is 0. The summed E-state index contributed by atoms with van der Waals surface area (Å²) in [5.41, 5.74) is 2.31. The highest BCUT2D eigenvalue weighted by atomic mass is 79.9. The second kappa shape index (κ2) is 6.49. The molecule has 0 aliphatic carbocycles. The maximum atomic E-state index is 8.93. The smallest absolute Gasteiger partial charge is 0.0991 e. The molecule has 2 aromatic carbocycles. The zero-order valence-corrected chi connectivity index (χ0v) is 13.7. The summed E-state index contributed by atoms with van der Waals surface area (Å²) in [7, 11) is 0. The number of halogens is 3. The largest absolute Gasteiger partial charge is 0.376 e. The predicted molar refractivity (Wildman–Crippen MR) is 87.4 cm³/mol. The molecule has 1 atom stereocenters. The van der Waals surface area contributed by atoms with Crippen molar-refractivity contribution < 1.29 is 0 Å². The van der Waals surface area contributed by atoms with Crippen LogP contribution in [0.25, 0.3) is 0 Å². The number of nitrogens with zero attached hydrogens (tertiary/aromatic N) is 1. The van der Waals surface area contributed by atoms with E-state index in [1.54, 1.807) is 18.2 Å². The zero-order chi connectivity index (χ0) is 14.7. The molecule has 0 aliphatic heterocycles. The van der Waals surface area contributed by atoms with Crippen molar-refractivity contribution in [3.8, 4) is 6.07 Å². The van der Waals surface area contributed by atoms with Crippen molar-refractivity contribution >= 4 is 44.8 Å². The van der Waals surface area contributed by atoms with Crippen LogP contribution in [0.15, 0.2) is 40.9 Å². The molecular formula is C15H11BrCl2N2. The lowest BCUT2D eigenvalue weighted by atomic mass is 10.1. The molecule has 2 nitrogen and oxygen atoms in total. The van der Waals surface area contributed by atoms with Gasteiger partial charge < -0.3 is 5.32 Å². The van der Waals surface area contributed by atoms with Gasteiger partial charge in [0, 0.05) is 10.5 Å². The number of hydrogen-bond acceptors (Lipinski definition) is 2. The minimum absolute atomic E-state index is 0.0144. The van der Waals surface area contributed by atoms with Gasteiger partial charge in [0.25, 0.3) is 0 Å². The number of benzene rings is 2. The summed E-state index contributed by atoms with van der Waals surface area (Å²) in [4.78, 5) is 0. The van der Waals surface area contributed by atoms with E-state index in [1.807, 2.05) is 25.1 Å². The number of nitriles is 1. The summed E-state index contributed by atoms with van der Waals surface area (Å²) in [6, 6.07) is 13.1. The fourth-order valence-electron chi connectivity index (χ4n) is 1.86. The molecule has 2 rings (SSSR count). The Morgan fingerprint density at radius 2 is 1.85 bits per heavy atom. The van der Waals surface area contributed by atoms with Gasteiger partial charge in [0.05, 0.1) is 27.4 Å². The zero-order valence-electron chi connectivity index (χ0n) is 10.6. The first-order chi connectivity index (χ1) is 9.51. The molecule has 0 aromatic heterocycles. The highest BCUT2D eigenvalue weighted by molar-refractivity contribution is 9.10. The summed E-state index contributed by atoms with van der Waals surface area (Å²) in [6.45, 7) is 1.99. The van der Waals surface area contributed by atoms with Crippen LogP contribution in [0.1, 0.15) is 24.1 Å². The molecule has 0 amide bonds. The topological polar surface area (TPSA) is 35.8 Å². The molecule has 0 aliphatic rings. The molecule has 0 spiro atoms. The molecule has 0 saturated carbocycles. The van der Waals surface area contributed by atoms with Gasteiger partial charge in [-0.05, 0) is 36.8 Å². The average Bonchev–Trinajstić information content (AvgIpc) is 2.42. The molecule has 0 saturated heterocycles. The van der Waals surface area contributed by atoms with Gasteiger partial charge in [-0.1, -0.05) is 51.3 Å². The quantitative estimate of drug-likeness (QED) is 0.741. The van der Waals surface area contributed by atoms with Crippen LogP contribution in [0.4, 0.5) is 5.69 Å². The van der Waals surface area contributed by atoms with Gasteiger partial charge in [-0.15, -0.1) is 0 Å². The Bertz CT molecular complexity index is 657. The minimum atomic E-state index is -0.0144. The Morgan fingerprint density at radius 3 is 2.45 bits per heavy atom. The second-order valence-electron chi connectivity index (χ2n) is 4.35. The van der Waals surface area contributed by atoms with Gasteiger partial charge in [-0.25, -0.2) is 0 Å². The minimum Gasteiger partial charge on any atom is -0.376 e. The van der Waals surface area contributed by atoms with Gasteiger partial charge >= 0.3 is 0 Å². The maximum Gasteiger partial charge on any atom is 0.0991 e. The number of nitrogens with one attached hydrogen (secondary N) is 1. The van der Waals surface area contributed by atoms with Gasteiger partial charge in [0.2, 0.25) is 0 Å². The van der Waals surface area contributed by atoms with E-state index < -0.39 is 0 Å². The summed E-state index contributed by atoms with van der Waals surface area (Å²) in [5, 5.41) is 13.3. The average molecular weight is 370 g/mol. The molecule has 20 heavy (non-hydrogen) atoms. The van der Waals surface area contributed by atoms with Crippen molar-refractivity contribution in [1.29, 1.82) is 5.26 Å². The van der Waals surface area contributed by atoms with Gasteiger partial charge in [-0.3, -0.25) is 0 Å². The molecule has 0 heterocycles. The van der Waals surface area contributed by atoms with Crippen molar-refractivity contribution in [3.05, 3.63) is 62.0 Å². The number of hydrogen-bond donors (Lipinski definition) is 1. The fraction of sp³-hybridized carbons (Fsp3) is 0.133. The van der Waals surface area contributed by atoms with E-state index in [2.05, 4.69) is 27.3 Å². The standard InChI is InChI=1S/C15H11BrCl2N2/c1-9(11-4-2-3-10(5-11)8-19)20-15-13(17)6-12(16)7-14(15)18/h2-7,9,20H,1H3. The third kappa shape index (κ3) is 3.46. The lowest BCUT2D eigenvalue weighted by molar-refractivity contribution is 0.884. The maximum absolute atomic E-state index is 8.93. The molecular weight excluding hydrogens is 359 g/mol. The van der Waals surface area contributed by atoms with Crippen molar-refractivity contribution in [2.45, 2.75) is 13.0 Å². The van der Waals surface area contributed by atoms with Crippen LogP contribution < -0.4 is 5.32 Å². The Balaban J connectivity index is 2.28. The van der Waals surface area contributed by atoms with E-state index in [4.69, 9.17) is 28.5 Å². The molecule has 102 valence electrons. The van der Waals surface area contributed by atoms with Crippen LogP contribution in [0.2, 0.25) is 10.0 Å². The van der Waals surface area contributed by atoms with Crippen LogP contribution >= 0.6 is 39.1 Å². The van der Waals surface area contributed by atoms with Gasteiger partial charge in [-0.2, -0.15) is 5.26 Å². The Hall–Kier alpha value is -1.21. The van der Waals surface area contributed by atoms with E-state index in [0.717, 1.165) is 10.0 Å². The Labute approximate surface area is 136 Å². The monoisotopic (exact) mass is 368 g/mol. The molecule has 0 fully saturated rings. The Morgan fingerprint density at radius 1 is 1.20 bits per heavy atom. The SMILES string of the molecule is CC(Nc1c(Cl)cc(Br)cc1Cl)c1cccc(C#N)c1. The fourth-order valence-corrected chi connectivity index (χ4v) is 3.18. The van der Waals surface area contributed by atoms with Crippen LogP contribution in [-0.4, -0.2) is 0 Å².